The van der Waals surface area contributed by atoms with E-state index in [4.69, 9.17) is 69.6 Å². The van der Waals surface area contributed by atoms with E-state index in [1.54, 1.807) is 0 Å². The molecular formula is C9H12Cl6. The van der Waals surface area contributed by atoms with Gasteiger partial charge in [-0.25, -0.2) is 0 Å². The monoisotopic (exact) mass is 330 g/mol. The summed E-state index contributed by atoms with van der Waals surface area (Å²) in [6.07, 6.45) is 3.69. The van der Waals surface area contributed by atoms with E-state index in [0.717, 1.165) is 25.7 Å². The summed E-state index contributed by atoms with van der Waals surface area (Å²) in [6, 6.07) is 0. The minimum Gasteiger partial charge on any atom is -0.105 e. The Morgan fingerprint density at radius 3 is 1.73 bits per heavy atom. The van der Waals surface area contributed by atoms with Gasteiger partial charge in [0.15, 0.2) is 0 Å². The first kappa shape index (κ1) is 14.8. The standard InChI is InChI=1S/C9H12Cl6/c10-6(11)5-3-1-2-4-9(5,7(12)13)8(14)15/h5-8H,1-4H2. The quantitative estimate of drug-likeness (QED) is 0.592. The van der Waals surface area contributed by atoms with E-state index in [2.05, 4.69) is 0 Å². The third kappa shape index (κ3) is 2.95. The molecule has 0 aromatic carbocycles. The predicted octanol–water partition coefficient (Wildman–Crippen LogP) is 5.57. The van der Waals surface area contributed by atoms with Crippen molar-refractivity contribution in [2.24, 2.45) is 11.3 Å². The highest BCUT2D eigenvalue weighted by Gasteiger charge is 2.52. The molecule has 0 amide bonds. The summed E-state index contributed by atoms with van der Waals surface area (Å²) < 4.78 is 0. The number of halogens is 6. The molecule has 15 heavy (non-hydrogen) atoms. The van der Waals surface area contributed by atoms with E-state index < -0.39 is 19.9 Å². The van der Waals surface area contributed by atoms with Gasteiger partial charge in [0.25, 0.3) is 0 Å². The first-order chi connectivity index (χ1) is 6.93. The molecule has 0 N–H and O–H groups in total. The van der Waals surface area contributed by atoms with Crippen LogP contribution in [0.5, 0.6) is 0 Å². The topological polar surface area (TPSA) is 0 Å². The van der Waals surface area contributed by atoms with Gasteiger partial charge in [-0.2, -0.15) is 0 Å². The lowest BCUT2D eigenvalue weighted by atomic mass is 9.69. The van der Waals surface area contributed by atoms with Crippen molar-refractivity contribution >= 4 is 69.6 Å². The third-order valence-corrected chi connectivity index (χ3v) is 5.42. The molecule has 6 heteroatoms. The van der Waals surface area contributed by atoms with E-state index in [1.165, 1.54) is 0 Å². The van der Waals surface area contributed by atoms with Gasteiger partial charge in [-0.15, -0.1) is 69.6 Å². The second kappa shape index (κ2) is 6.07. The predicted molar refractivity (Wildman–Crippen MR) is 70.9 cm³/mol. The van der Waals surface area contributed by atoms with Gasteiger partial charge in [-0.1, -0.05) is 12.8 Å². The van der Waals surface area contributed by atoms with Crippen molar-refractivity contribution in [3.8, 4) is 0 Å². The molecule has 0 heterocycles. The van der Waals surface area contributed by atoms with Gasteiger partial charge in [0.05, 0.1) is 0 Å². The van der Waals surface area contributed by atoms with E-state index in [0.29, 0.717) is 0 Å². The van der Waals surface area contributed by atoms with Crippen molar-refractivity contribution in [3.63, 3.8) is 0 Å². The average molecular weight is 333 g/mol. The van der Waals surface area contributed by atoms with Crippen molar-refractivity contribution < 1.29 is 0 Å². The molecule has 0 aliphatic heterocycles. The fraction of sp³-hybridized carbons (Fsp3) is 1.00. The summed E-state index contributed by atoms with van der Waals surface area (Å²) in [5.41, 5.74) is -0.585. The second-order valence-corrected chi connectivity index (χ2v) is 7.26. The Morgan fingerprint density at radius 2 is 1.40 bits per heavy atom. The second-order valence-electron chi connectivity index (χ2n) is 3.90. The lowest BCUT2D eigenvalue weighted by molar-refractivity contribution is 0.134. The zero-order valence-electron chi connectivity index (χ0n) is 7.91. The molecule has 0 radical (unpaired) electrons. The fourth-order valence-corrected chi connectivity index (χ4v) is 4.81. The molecule has 0 nitrogen and oxygen atoms in total. The first-order valence-electron chi connectivity index (χ1n) is 4.77. The average Bonchev–Trinajstić information content (AvgIpc) is 2.16. The highest BCUT2D eigenvalue weighted by molar-refractivity contribution is 6.49. The Labute approximate surface area is 120 Å². The normalized spacial score (nSPS) is 26.6. The lowest BCUT2D eigenvalue weighted by Gasteiger charge is -2.46. The summed E-state index contributed by atoms with van der Waals surface area (Å²) in [5.74, 6) is -0.0467. The van der Waals surface area contributed by atoms with Crippen molar-refractivity contribution in [2.45, 2.75) is 40.2 Å². The van der Waals surface area contributed by atoms with Gasteiger partial charge in [0.2, 0.25) is 0 Å². The molecule has 0 saturated heterocycles. The van der Waals surface area contributed by atoms with Gasteiger partial charge in [0.1, 0.15) is 14.5 Å². The van der Waals surface area contributed by atoms with Crippen LogP contribution in [0.15, 0.2) is 0 Å². The number of hydrogen-bond donors (Lipinski definition) is 0. The van der Waals surface area contributed by atoms with Crippen LogP contribution in [0.2, 0.25) is 0 Å². The van der Waals surface area contributed by atoms with Crippen molar-refractivity contribution in [1.82, 2.24) is 0 Å². The van der Waals surface area contributed by atoms with Crippen molar-refractivity contribution in [2.75, 3.05) is 0 Å². The molecule has 1 aliphatic carbocycles. The van der Waals surface area contributed by atoms with Crippen LogP contribution in [0.1, 0.15) is 25.7 Å². The summed E-state index contributed by atoms with van der Waals surface area (Å²) >= 11 is 36.0. The van der Waals surface area contributed by atoms with Crippen LogP contribution in [0, 0.1) is 11.3 Å². The van der Waals surface area contributed by atoms with E-state index in [-0.39, 0.29) is 5.92 Å². The molecule has 90 valence electrons. The minimum atomic E-state index is -0.650. The molecular weight excluding hydrogens is 321 g/mol. The third-order valence-electron chi connectivity index (χ3n) is 3.18. The van der Waals surface area contributed by atoms with Crippen LogP contribution in [0.4, 0.5) is 0 Å². The Morgan fingerprint density at radius 1 is 0.867 bits per heavy atom. The van der Waals surface area contributed by atoms with Crippen LogP contribution < -0.4 is 0 Å². The van der Waals surface area contributed by atoms with Gasteiger partial charge in [0, 0.05) is 5.41 Å². The Hall–Kier alpha value is 1.74. The maximum Gasteiger partial charge on any atom is 0.116 e. The summed E-state index contributed by atoms with van der Waals surface area (Å²) in [7, 11) is 0. The molecule has 0 aromatic rings. The molecule has 1 aliphatic rings. The summed E-state index contributed by atoms with van der Waals surface area (Å²) in [6.45, 7) is 0. The van der Waals surface area contributed by atoms with Crippen molar-refractivity contribution in [1.29, 1.82) is 0 Å². The molecule has 0 aromatic heterocycles. The molecule has 1 saturated carbocycles. The minimum absolute atomic E-state index is 0.0467. The Balaban J connectivity index is 2.99. The molecule has 0 bridgehead atoms. The smallest absolute Gasteiger partial charge is 0.105 e. The van der Waals surface area contributed by atoms with Gasteiger partial charge < -0.3 is 0 Å². The Kier molecular flexibility index (Phi) is 5.99. The molecule has 0 spiro atoms. The highest BCUT2D eigenvalue weighted by atomic mass is 35.5. The summed E-state index contributed by atoms with van der Waals surface area (Å²) in [4.78, 5) is -1.84. The first-order valence-corrected chi connectivity index (χ1v) is 7.39. The van der Waals surface area contributed by atoms with Crippen LogP contribution in [-0.4, -0.2) is 14.5 Å². The van der Waals surface area contributed by atoms with E-state index >= 15 is 0 Å². The largest absolute Gasteiger partial charge is 0.116 e. The highest BCUT2D eigenvalue weighted by Crippen LogP contribution is 2.55. The van der Waals surface area contributed by atoms with Crippen LogP contribution >= 0.6 is 69.6 Å². The molecule has 1 rings (SSSR count). The van der Waals surface area contributed by atoms with E-state index in [9.17, 15) is 0 Å². The van der Waals surface area contributed by atoms with Crippen LogP contribution in [0.25, 0.3) is 0 Å². The zero-order chi connectivity index (χ0) is 11.6. The molecule has 1 fully saturated rings. The van der Waals surface area contributed by atoms with Crippen LogP contribution in [0.3, 0.4) is 0 Å². The van der Waals surface area contributed by atoms with Gasteiger partial charge >= 0.3 is 0 Å². The fourth-order valence-electron chi connectivity index (χ4n) is 2.25. The summed E-state index contributed by atoms with van der Waals surface area (Å²) in [5, 5.41) is 0. The van der Waals surface area contributed by atoms with E-state index in [1.807, 2.05) is 0 Å². The number of alkyl halides is 6. The Bertz CT molecular complexity index is 195. The number of rotatable bonds is 3. The van der Waals surface area contributed by atoms with Crippen molar-refractivity contribution in [3.05, 3.63) is 0 Å². The molecule has 1 atom stereocenters. The van der Waals surface area contributed by atoms with Gasteiger partial charge in [-0.05, 0) is 18.8 Å². The molecule has 1 unspecified atom stereocenters. The number of hydrogen-bond acceptors (Lipinski definition) is 0. The van der Waals surface area contributed by atoms with Crippen LogP contribution in [-0.2, 0) is 0 Å². The SMILES string of the molecule is ClC(Cl)C1CCCCC1(C(Cl)Cl)C(Cl)Cl. The lowest BCUT2D eigenvalue weighted by Crippen LogP contribution is -2.47. The zero-order valence-corrected chi connectivity index (χ0v) is 12.4. The van der Waals surface area contributed by atoms with Gasteiger partial charge in [-0.3, -0.25) is 0 Å². The maximum atomic E-state index is 6.03. The maximum absolute atomic E-state index is 6.03.